The average Bonchev–Trinajstić information content (AvgIpc) is 3.07. The van der Waals surface area contributed by atoms with Gasteiger partial charge in [0.15, 0.2) is 0 Å². The van der Waals surface area contributed by atoms with Gasteiger partial charge in [-0.25, -0.2) is 0 Å². The number of hydrogen-bond donors (Lipinski definition) is 2. The Labute approximate surface area is 148 Å². The molecule has 0 amide bonds. The van der Waals surface area contributed by atoms with Crippen LogP contribution in [0.2, 0.25) is 0 Å². The zero-order chi connectivity index (χ0) is 17.6. The minimum atomic E-state index is 0.0950. The fourth-order valence-corrected chi connectivity index (χ4v) is 2.99. The highest BCUT2D eigenvalue weighted by molar-refractivity contribution is 5.37. The van der Waals surface area contributed by atoms with Gasteiger partial charge in [0.2, 0.25) is 0 Å². The molecule has 0 bridgehead atoms. The standard InChI is InChI=1S/C20H24N4O/c1-15-10-16(2)12-19(11-15)24-22-14-18(23-24)13-21-20(8-9-25)17-6-4-3-5-7-17/h3-7,10-12,14,20-21,25H,8-9,13H2,1-2H3/t20-/m1/s1. The van der Waals surface area contributed by atoms with Crippen LogP contribution in [0, 0.1) is 13.8 Å². The number of nitrogens with zero attached hydrogens (tertiary/aromatic N) is 3. The summed E-state index contributed by atoms with van der Waals surface area (Å²) in [5, 5.41) is 21.7. The molecule has 1 heterocycles. The fourth-order valence-electron chi connectivity index (χ4n) is 2.99. The molecule has 0 saturated carbocycles. The fraction of sp³-hybridized carbons (Fsp3) is 0.300. The highest BCUT2D eigenvalue weighted by Gasteiger charge is 2.11. The molecule has 0 fully saturated rings. The second-order valence-corrected chi connectivity index (χ2v) is 6.33. The van der Waals surface area contributed by atoms with Crippen molar-refractivity contribution in [2.75, 3.05) is 6.61 Å². The van der Waals surface area contributed by atoms with E-state index in [1.165, 1.54) is 16.7 Å². The molecule has 25 heavy (non-hydrogen) atoms. The van der Waals surface area contributed by atoms with E-state index in [0.717, 1.165) is 11.4 Å². The highest BCUT2D eigenvalue weighted by atomic mass is 16.3. The van der Waals surface area contributed by atoms with Crippen molar-refractivity contribution >= 4 is 0 Å². The first kappa shape index (κ1) is 17.3. The Morgan fingerprint density at radius 2 is 1.80 bits per heavy atom. The molecule has 0 spiro atoms. The van der Waals surface area contributed by atoms with E-state index in [4.69, 9.17) is 0 Å². The normalized spacial score (nSPS) is 12.3. The molecule has 0 aliphatic heterocycles. The van der Waals surface area contributed by atoms with E-state index in [2.05, 4.69) is 59.7 Å². The summed E-state index contributed by atoms with van der Waals surface area (Å²) in [6.45, 7) is 4.88. The van der Waals surface area contributed by atoms with Crippen LogP contribution in [0.4, 0.5) is 0 Å². The van der Waals surface area contributed by atoms with Crippen LogP contribution in [-0.4, -0.2) is 26.7 Å². The predicted octanol–water partition coefficient (Wildman–Crippen LogP) is 3.10. The monoisotopic (exact) mass is 336 g/mol. The Morgan fingerprint density at radius 1 is 1.08 bits per heavy atom. The second kappa shape index (κ2) is 8.05. The van der Waals surface area contributed by atoms with Gasteiger partial charge < -0.3 is 10.4 Å². The van der Waals surface area contributed by atoms with E-state index >= 15 is 0 Å². The molecule has 3 aromatic rings. The van der Waals surface area contributed by atoms with Crippen molar-refractivity contribution < 1.29 is 5.11 Å². The molecule has 0 aliphatic rings. The van der Waals surface area contributed by atoms with Crippen molar-refractivity contribution in [1.29, 1.82) is 0 Å². The summed E-state index contributed by atoms with van der Waals surface area (Å²) in [4.78, 5) is 1.67. The zero-order valence-corrected chi connectivity index (χ0v) is 14.7. The molecule has 0 aliphatic carbocycles. The maximum Gasteiger partial charge on any atom is 0.0969 e. The predicted molar refractivity (Wildman–Crippen MR) is 98.6 cm³/mol. The van der Waals surface area contributed by atoms with Gasteiger partial charge in [-0.1, -0.05) is 36.4 Å². The van der Waals surface area contributed by atoms with E-state index < -0.39 is 0 Å². The van der Waals surface area contributed by atoms with Crippen LogP contribution in [-0.2, 0) is 6.54 Å². The maximum atomic E-state index is 9.33. The van der Waals surface area contributed by atoms with E-state index in [1.807, 2.05) is 18.2 Å². The summed E-state index contributed by atoms with van der Waals surface area (Å²) < 4.78 is 0. The first-order chi connectivity index (χ1) is 12.2. The SMILES string of the molecule is Cc1cc(C)cc(-n2ncc(CN[C@H](CCO)c3ccccc3)n2)c1. The maximum absolute atomic E-state index is 9.33. The van der Waals surface area contributed by atoms with Crippen LogP contribution in [0.1, 0.15) is 34.8 Å². The van der Waals surface area contributed by atoms with E-state index in [9.17, 15) is 5.11 Å². The van der Waals surface area contributed by atoms with E-state index in [1.54, 1.807) is 11.0 Å². The van der Waals surface area contributed by atoms with Crippen molar-refractivity contribution in [1.82, 2.24) is 20.3 Å². The second-order valence-electron chi connectivity index (χ2n) is 6.33. The Hall–Kier alpha value is -2.50. The molecule has 2 aromatic carbocycles. The minimum Gasteiger partial charge on any atom is -0.396 e. The Kier molecular flexibility index (Phi) is 5.58. The third-order valence-electron chi connectivity index (χ3n) is 4.13. The number of rotatable bonds is 7. The number of nitrogens with one attached hydrogen (secondary N) is 1. The summed E-state index contributed by atoms with van der Waals surface area (Å²) in [6.07, 6.45) is 2.45. The van der Waals surface area contributed by atoms with Gasteiger partial charge in [0.1, 0.15) is 0 Å². The van der Waals surface area contributed by atoms with Gasteiger partial charge in [-0.2, -0.15) is 15.0 Å². The lowest BCUT2D eigenvalue weighted by Crippen LogP contribution is -2.22. The first-order valence-electron chi connectivity index (χ1n) is 8.55. The topological polar surface area (TPSA) is 63.0 Å². The lowest BCUT2D eigenvalue weighted by molar-refractivity contribution is 0.265. The molecule has 130 valence electrons. The van der Waals surface area contributed by atoms with Gasteiger partial charge in [0.05, 0.1) is 17.6 Å². The molecule has 5 nitrogen and oxygen atoms in total. The molecule has 0 saturated heterocycles. The van der Waals surface area contributed by atoms with Crippen LogP contribution in [0.5, 0.6) is 0 Å². The van der Waals surface area contributed by atoms with Gasteiger partial charge in [0, 0.05) is 19.2 Å². The van der Waals surface area contributed by atoms with Gasteiger partial charge in [-0.15, -0.1) is 0 Å². The quantitative estimate of drug-likeness (QED) is 0.696. The number of benzene rings is 2. The Morgan fingerprint density at radius 3 is 2.48 bits per heavy atom. The van der Waals surface area contributed by atoms with E-state index in [0.29, 0.717) is 13.0 Å². The van der Waals surface area contributed by atoms with Crippen LogP contribution in [0.25, 0.3) is 5.69 Å². The number of aryl methyl sites for hydroxylation is 2. The third-order valence-corrected chi connectivity index (χ3v) is 4.13. The molecule has 5 heteroatoms. The lowest BCUT2D eigenvalue weighted by atomic mass is 10.0. The smallest absolute Gasteiger partial charge is 0.0969 e. The Balaban J connectivity index is 1.70. The lowest BCUT2D eigenvalue weighted by Gasteiger charge is -2.17. The van der Waals surface area contributed by atoms with Crippen LogP contribution < -0.4 is 5.32 Å². The van der Waals surface area contributed by atoms with Crippen molar-refractivity contribution in [2.24, 2.45) is 0 Å². The van der Waals surface area contributed by atoms with Gasteiger partial charge in [0.25, 0.3) is 0 Å². The summed E-state index contributed by atoms with van der Waals surface area (Å²) >= 11 is 0. The molecule has 0 radical (unpaired) electrons. The minimum absolute atomic E-state index is 0.0950. The number of aromatic nitrogens is 3. The summed E-state index contributed by atoms with van der Waals surface area (Å²) in [6, 6.07) is 16.5. The summed E-state index contributed by atoms with van der Waals surface area (Å²) in [5.74, 6) is 0. The zero-order valence-electron chi connectivity index (χ0n) is 14.7. The summed E-state index contributed by atoms with van der Waals surface area (Å²) in [5.41, 5.74) is 5.40. The molecule has 3 rings (SSSR count). The van der Waals surface area contributed by atoms with Crippen molar-refractivity contribution in [3.8, 4) is 5.69 Å². The van der Waals surface area contributed by atoms with Gasteiger partial charge in [-0.05, 0) is 49.1 Å². The molecule has 2 N–H and O–H groups in total. The largest absolute Gasteiger partial charge is 0.396 e. The average molecular weight is 336 g/mol. The number of aliphatic hydroxyl groups excluding tert-OH is 1. The van der Waals surface area contributed by atoms with Crippen molar-refractivity contribution in [3.63, 3.8) is 0 Å². The number of hydrogen-bond acceptors (Lipinski definition) is 4. The van der Waals surface area contributed by atoms with Crippen LogP contribution in [0.15, 0.2) is 54.7 Å². The molecule has 0 unspecified atom stereocenters. The molecule has 1 aromatic heterocycles. The molecular weight excluding hydrogens is 312 g/mol. The van der Waals surface area contributed by atoms with Gasteiger partial charge in [-0.3, -0.25) is 0 Å². The van der Waals surface area contributed by atoms with Crippen LogP contribution in [0.3, 0.4) is 0 Å². The highest BCUT2D eigenvalue weighted by Crippen LogP contribution is 2.17. The van der Waals surface area contributed by atoms with Crippen molar-refractivity contribution in [2.45, 2.75) is 32.9 Å². The number of aliphatic hydroxyl groups is 1. The van der Waals surface area contributed by atoms with Crippen LogP contribution >= 0.6 is 0 Å². The summed E-state index contributed by atoms with van der Waals surface area (Å²) in [7, 11) is 0. The molecular formula is C20H24N4O. The third kappa shape index (κ3) is 4.53. The van der Waals surface area contributed by atoms with Crippen molar-refractivity contribution in [3.05, 3.63) is 77.1 Å². The van der Waals surface area contributed by atoms with Gasteiger partial charge >= 0.3 is 0 Å². The molecule has 1 atom stereocenters. The Bertz CT molecular complexity index is 793. The first-order valence-corrected chi connectivity index (χ1v) is 8.55. The van der Waals surface area contributed by atoms with E-state index in [-0.39, 0.29) is 12.6 Å².